The van der Waals surface area contributed by atoms with Crippen LogP contribution in [0.1, 0.15) is 25.3 Å². The highest BCUT2D eigenvalue weighted by Gasteiger charge is 2.36. The fourth-order valence-corrected chi connectivity index (χ4v) is 5.20. The van der Waals surface area contributed by atoms with E-state index in [-0.39, 0.29) is 5.97 Å². The molecule has 1 aliphatic rings. The van der Waals surface area contributed by atoms with Crippen LogP contribution in [-0.2, 0) is 14.9 Å². The van der Waals surface area contributed by atoms with Gasteiger partial charge in [0.05, 0.1) is 23.6 Å². The lowest BCUT2D eigenvalue weighted by atomic mass is 9.78. The number of aromatic nitrogens is 2. The number of ether oxygens (including phenoxy) is 1. The van der Waals surface area contributed by atoms with Gasteiger partial charge in [-0.05, 0) is 68.3 Å². The van der Waals surface area contributed by atoms with Crippen molar-refractivity contribution in [2.45, 2.75) is 25.2 Å². The first-order valence-corrected chi connectivity index (χ1v) is 12.7. The molecule has 4 aromatic rings. The molecule has 0 amide bonds. The zero-order chi connectivity index (χ0) is 25.0. The van der Waals surface area contributed by atoms with E-state index in [9.17, 15) is 4.79 Å². The molecule has 5 rings (SSSR count). The average molecular weight is 483 g/mol. The van der Waals surface area contributed by atoms with Crippen LogP contribution in [-0.4, -0.2) is 60.7 Å². The van der Waals surface area contributed by atoms with Crippen molar-refractivity contribution in [3.8, 4) is 11.4 Å². The van der Waals surface area contributed by atoms with Crippen molar-refractivity contribution in [2.24, 2.45) is 0 Å². The van der Waals surface area contributed by atoms with Crippen molar-refractivity contribution in [3.05, 3.63) is 84.4 Å². The maximum atomic E-state index is 12.6. The maximum Gasteiger partial charge on any atom is 0.315 e. The van der Waals surface area contributed by atoms with E-state index < -0.39 is 5.41 Å². The Kier molecular flexibility index (Phi) is 7.05. The van der Waals surface area contributed by atoms with Gasteiger partial charge in [0.15, 0.2) is 0 Å². The molecule has 1 N–H and O–H groups in total. The van der Waals surface area contributed by atoms with Crippen LogP contribution >= 0.6 is 0 Å². The zero-order valence-electron chi connectivity index (χ0n) is 21.1. The van der Waals surface area contributed by atoms with Crippen molar-refractivity contribution in [2.75, 3.05) is 44.7 Å². The van der Waals surface area contributed by atoms with Crippen LogP contribution in [0.25, 0.3) is 22.4 Å². The van der Waals surface area contributed by atoms with E-state index >= 15 is 0 Å². The quantitative estimate of drug-likeness (QED) is 0.347. The fourth-order valence-electron chi connectivity index (χ4n) is 5.20. The summed E-state index contributed by atoms with van der Waals surface area (Å²) in [4.78, 5) is 25.7. The summed E-state index contributed by atoms with van der Waals surface area (Å²) in [6.07, 6.45) is 1.72. The summed E-state index contributed by atoms with van der Waals surface area (Å²) < 4.78 is 5.16. The van der Waals surface area contributed by atoms with Crippen LogP contribution in [0.5, 0.6) is 0 Å². The molecule has 1 aliphatic heterocycles. The number of anilines is 1. The summed E-state index contributed by atoms with van der Waals surface area (Å²) in [7, 11) is 1.48. The minimum Gasteiger partial charge on any atom is -0.468 e. The molecule has 3 aromatic carbocycles. The largest absolute Gasteiger partial charge is 0.468 e. The van der Waals surface area contributed by atoms with Crippen LogP contribution in [0.3, 0.4) is 0 Å². The van der Waals surface area contributed by atoms with Crippen molar-refractivity contribution < 1.29 is 9.53 Å². The first-order valence-electron chi connectivity index (χ1n) is 12.7. The minimum absolute atomic E-state index is 0.162. The molecule has 0 bridgehead atoms. The Balaban J connectivity index is 1.14. The highest BCUT2D eigenvalue weighted by atomic mass is 16.5. The Morgan fingerprint density at radius 3 is 2.33 bits per heavy atom. The SMILES string of the molecule is COC(=O)C(C)(CCCN1CCN(c2ccc(-c3nc4ccccc4[nH]3)cc2)CC1)c1ccccc1. The van der Waals surface area contributed by atoms with Gasteiger partial charge >= 0.3 is 5.97 Å². The number of carbonyl (C=O) groups excluding carboxylic acids is 1. The summed E-state index contributed by atoms with van der Waals surface area (Å²) in [5.74, 6) is 0.742. The van der Waals surface area contributed by atoms with Crippen LogP contribution in [0.15, 0.2) is 78.9 Å². The normalized spacial score (nSPS) is 16.1. The van der Waals surface area contributed by atoms with Gasteiger partial charge in [-0.25, -0.2) is 4.98 Å². The molecule has 1 atom stereocenters. The van der Waals surface area contributed by atoms with Crippen molar-refractivity contribution >= 4 is 22.7 Å². The molecule has 1 aromatic heterocycles. The average Bonchev–Trinajstić information content (AvgIpc) is 3.38. The zero-order valence-corrected chi connectivity index (χ0v) is 21.1. The van der Waals surface area contributed by atoms with Crippen LogP contribution in [0.4, 0.5) is 5.69 Å². The standard InChI is InChI=1S/C30H34N4O2/c1-30(29(35)36-2,24-9-4-3-5-10-24)17-8-18-33-19-21-34(22-20-33)25-15-13-23(14-16-25)28-31-26-11-6-7-12-27(26)32-28/h3-7,9-16H,8,17-22H2,1-2H3,(H,31,32). The molecule has 36 heavy (non-hydrogen) atoms. The van der Waals surface area contributed by atoms with E-state index in [1.807, 2.05) is 55.5 Å². The second-order valence-corrected chi connectivity index (χ2v) is 9.77. The van der Waals surface area contributed by atoms with Crippen LogP contribution < -0.4 is 4.90 Å². The topological polar surface area (TPSA) is 61.5 Å². The number of hydrogen-bond acceptors (Lipinski definition) is 5. The Hall–Kier alpha value is -3.64. The van der Waals surface area contributed by atoms with E-state index in [0.29, 0.717) is 0 Å². The van der Waals surface area contributed by atoms with Crippen molar-refractivity contribution in [1.29, 1.82) is 0 Å². The van der Waals surface area contributed by atoms with E-state index in [0.717, 1.165) is 73.6 Å². The smallest absolute Gasteiger partial charge is 0.315 e. The lowest BCUT2D eigenvalue weighted by Crippen LogP contribution is -2.47. The molecule has 6 heteroatoms. The number of imidazole rings is 1. The number of fused-ring (bicyclic) bond motifs is 1. The van der Waals surface area contributed by atoms with Gasteiger partial charge in [-0.3, -0.25) is 9.69 Å². The summed E-state index contributed by atoms with van der Waals surface area (Å²) in [5, 5.41) is 0. The number of methoxy groups -OCH3 is 1. The van der Waals surface area contributed by atoms with Crippen LogP contribution in [0, 0.1) is 0 Å². The lowest BCUT2D eigenvalue weighted by Gasteiger charge is -2.36. The predicted molar refractivity (Wildman–Crippen MR) is 145 cm³/mol. The summed E-state index contributed by atoms with van der Waals surface area (Å²) in [6.45, 7) is 7.02. The molecule has 1 fully saturated rings. The predicted octanol–water partition coefficient (Wildman–Crippen LogP) is 5.26. The third-order valence-electron chi connectivity index (χ3n) is 7.47. The van der Waals surface area contributed by atoms with Gasteiger partial charge in [0.25, 0.3) is 0 Å². The lowest BCUT2D eigenvalue weighted by molar-refractivity contribution is -0.147. The summed E-state index contributed by atoms with van der Waals surface area (Å²) >= 11 is 0. The first kappa shape index (κ1) is 24.1. The Labute approximate surface area is 212 Å². The number of nitrogens with one attached hydrogen (secondary N) is 1. The molecule has 0 aliphatic carbocycles. The number of piperazine rings is 1. The number of rotatable bonds is 8. The van der Waals surface area contributed by atoms with Gasteiger partial charge in [0, 0.05) is 37.4 Å². The Morgan fingerprint density at radius 2 is 1.64 bits per heavy atom. The van der Waals surface area contributed by atoms with E-state index in [4.69, 9.17) is 9.72 Å². The minimum atomic E-state index is -0.612. The van der Waals surface area contributed by atoms with Crippen molar-refractivity contribution in [3.63, 3.8) is 0 Å². The molecule has 0 radical (unpaired) electrons. The molecule has 0 spiro atoms. The molecular weight excluding hydrogens is 448 g/mol. The molecule has 0 saturated carbocycles. The molecular formula is C30H34N4O2. The highest BCUT2D eigenvalue weighted by Crippen LogP contribution is 2.31. The molecule has 1 unspecified atom stereocenters. The number of nitrogens with zero attached hydrogens (tertiary/aromatic N) is 3. The third kappa shape index (κ3) is 5.00. The summed E-state index contributed by atoms with van der Waals surface area (Å²) in [5.41, 5.74) is 4.80. The van der Waals surface area contributed by atoms with Gasteiger partial charge in [-0.2, -0.15) is 0 Å². The van der Waals surface area contributed by atoms with Gasteiger partial charge in [0.1, 0.15) is 5.82 Å². The van der Waals surface area contributed by atoms with Crippen molar-refractivity contribution in [1.82, 2.24) is 14.9 Å². The van der Waals surface area contributed by atoms with E-state index in [2.05, 4.69) is 45.1 Å². The Bertz CT molecular complexity index is 1260. The van der Waals surface area contributed by atoms with Crippen LogP contribution in [0.2, 0.25) is 0 Å². The number of benzene rings is 3. The summed E-state index contributed by atoms with van der Waals surface area (Å²) in [6, 6.07) is 26.8. The maximum absolute atomic E-state index is 12.6. The number of hydrogen-bond donors (Lipinski definition) is 1. The number of esters is 1. The monoisotopic (exact) mass is 482 g/mol. The van der Waals surface area contributed by atoms with Gasteiger partial charge in [-0.15, -0.1) is 0 Å². The number of carbonyl (C=O) groups is 1. The number of para-hydroxylation sites is 2. The number of H-pyrrole nitrogens is 1. The van der Waals surface area contributed by atoms with Gasteiger partial charge in [0.2, 0.25) is 0 Å². The third-order valence-corrected chi connectivity index (χ3v) is 7.47. The molecule has 6 nitrogen and oxygen atoms in total. The fraction of sp³-hybridized carbons (Fsp3) is 0.333. The first-order chi connectivity index (χ1) is 17.6. The highest BCUT2D eigenvalue weighted by molar-refractivity contribution is 5.82. The van der Waals surface area contributed by atoms with Gasteiger partial charge in [-0.1, -0.05) is 42.5 Å². The molecule has 186 valence electrons. The van der Waals surface area contributed by atoms with E-state index in [1.165, 1.54) is 12.8 Å². The second-order valence-electron chi connectivity index (χ2n) is 9.77. The van der Waals surface area contributed by atoms with Gasteiger partial charge < -0.3 is 14.6 Å². The molecule has 2 heterocycles. The Morgan fingerprint density at radius 1 is 0.944 bits per heavy atom. The number of aromatic amines is 1. The van der Waals surface area contributed by atoms with E-state index in [1.54, 1.807) is 0 Å². The molecule has 1 saturated heterocycles. The second kappa shape index (κ2) is 10.5.